The molecule has 0 aliphatic carbocycles. The van der Waals surface area contributed by atoms with Crippen LogP contribution in [0.25, 0.3) is 0 Å². The van der Waals surface area contributed by atoms with Crippen molar-refractivity contribution in [3.05, 3.63) is 72.3 Å². The molecule has 1 heterocycles. The highest BCUT2D eigenvalue weighted by atomic mass is 16.5. The quantitative estimate of drug-likeness (QED) is 0.738. The molecule has 2 aromatic carbocycles. The topological polar surface area (TPSA) is 49.9 Å². The van der Waals surface area contributed by atoms with Crippen LogP contribution in [0.5, 0.6) is 11.5 Å². The molecule has 0 aliphatic rings. The number of anilines is 1. The number of rotatable bonds is 5. The number of nitrogens with zero attached hydrogens (tertiary/aromatic N) is 1. The van der Waals surface area contributed by atoms with Crippen molar-refractivity contribution in [2.24, 2.45) is 0 Å². The number of aromatic amines is 1. The third-order valence-corrected chi connectivity index (χ3v) is 3.08. The molecule has 0 aliphatic heterocycles. The maximum absolute atomic E-state index is 5.91. The zero-order valence-electron chi connectivity index (χ0n) is 11.8. The Balaban J connectivity index is 1.73. The fraction of sp³-hybridized carbons (Fsp3) is 0.118. The molecule has 0 saturated carbocycles. The van der Waals surface area contributed by atoms with Gasteiger partial charge >= 0.3 is 0 Å². The monoisotopic (exact) mass is 279 g/mol. The number of hydrogen-bond donors (Lipinski definition) is 2. The van der Waals surface area contributed by atoms with Crippen molar-refractivity contribution >= 4 is 5.69 Å². The number of hydrogen-bond acceptors (Lipinski definition) is 3. The summed E-state index contributed by atoms with van der Waals surface area (Å²) < 4.78 is 5.91. The molecule has 4 heteroatoms. The summed E-state index contributed by atoms with van der Waals surface area (Å²) in [4.78, 5) is 7.39. The average Bonchev–Trinajstić information content (AvgIpc) is 2.93. The third-order valence-electron chi connectivity index (χ3n) is 3.08. The minimum atomic E-state index is 0.677. The van der Waals surface area contributed by atoms with Gasteiger partial charge in [-0.05, 0) is 31.2 Å². The number of ether oxygens (including phenoxy) is 1. The standard InChI is InChI=1S/C17H17N3O/c1-13-18-11-14(20-13)12-19-16-9-5-6-10-17(16)21-15-7-3-2-4-8-15/h2-11,19H,12H2,1H3,(H,18,20). The number of nitrogens with one attached hydrogen (secondary N) is 2. The van der Waals surface area contributed by atoms with Crippen LogP contribution in [0.1, 0.15) is 11.5 Å². The van der Waals surface area contributed by atoms with Crippen LogP contribution in [-0.2, 0) is 6.54 Å². The van der Waals surface area contributed by atoms with E-state index in [2.05, 4.69) is 15.3 Å². The van der Waals surface area contributed by atoms with E-state index in [1.54, 1.807) is 0 Å². The van der Waals surface area contributed by atoms with E-state index in [0.29, 0.717) is 6.54 Å². The molecule has 0 spiro atoms. The van der Waals surface area contributed by atoms with Gasteiger partial charge in [0, 0.05) is 0 Å². The minimum absolute atomic E-state index is 0.677. The van der Waals surface area contributed by atoms with Crippen molar-refractivity contribution in [2.75, 3.05) is 5.32 Å². The van der Waals surface area contributed by atoms with Gasteiger partial charge in [0.2, 0.25) is 0 Å². The first-order valence-corrected chi connectivity index (χ1v) is 6.87. The number of para-hydroxylation sites is 3. The van der Waals surface area contributed by atoms with Crippen LogP contribution in [0.15, 0.2) is 60.8 Å². The number of aryl methyl sites for hydroxylation is 1. The number of aromatic nitrogens is 2. The molecule has 0 fully saturated rings. The summed E-state index contributed by atoms with van der Waals surface area (Å²) in [7, 11) is 0. The van der Waals surface area contributed by atoms with E-state index < -0.39 is 0 Å². The van der Waals surface area contributed by atoms with Crippen LogP contribution < -0.4 is 10.1 Å². The van der Waals surface area contributed by atoms with E-state index in [-0.39, 0.29) is 0 Å². The summed E-state index contributed by atoms with van der Waals surface area (Å²) in [5.41, 5.74) is 2.00. The maximum atomic E-state index is 5.91. The summed E-state index contributed by atoms with van der Waals surface area (Å²) in [6, 6.07) is 17.7. The van der Waals surface area contributed by atoms with E-state index in [1.807, 2.05) is 67.7 Å². The van der Waals surface area contributed by atoms with Crippen molar-refractivity contribution in [1.82, 2.24) is 9.97 Å². The van der Waals surface area contributed by atoms with Crippen molar-refractivity contribution in [2.45, 2.75) is 13.5 Å². The van der Waals surface area contributed by atoms with E-state index in [1.165, 1.54) is 0 Å². The van der Waals surface area contributed by atoms with Gasteiger partial charge in [0.25, 0.3) is 0 Å². The van der Waals surface area contributed by atoms with Crippen LogP contribution in [0.4, 0.5) is 5.69 Å². The van der Waals surface area contributed by atoms with Crippen molar-refractivity contribution in [1.29, 1.82) is 0 Å². The maximum Gasteiger partial charge on any atom is 0.150 e. The molecule has 0 atom stereocenters. The zero-order chi connectivity index (χ0) is 14.5. The Kier molecular flexibility index (Phi) is 3.87. The first-order valence-electron chi connectivity index (χ1n) is 6.87. The largest absolute Gasteiger partial charge is 0.455 e. The Morgan fingerprint density at radius 3 is 2.57 bits per heavy atom. The summed E-state index contributed by atoms with van der Waals surface area (Å²) in [5.74, 6) is 2.55. The van der Waals surface area contributed by atoms with Crippen LogP contribution >= 0.6 is 0 Å². The predicted octanol–water partition coefficient (Wildman–Crippen LogP) is 4.12. The molecule has 0 amide bonds. The molecule has 0 bridgehead atoms. The van der Waals surface area contributed by atoms with E-state index in [0.717, 1.165) is 28.7 Å². The Morgan fingerprint density at radius 2 is 1.81 bits per heavy atom. The van der Waals surface area contributed by atoms with Gasteiger partial charge in [-0.15, -0.1) is 0 Å². The van der Waals surface area contributed by atoms with Gasteiger partial charge < -0.3 is 15.0 Å². The molecule has 3 rings (SSSR count). The summed E-state index contributed by atoms with van der Waals surface area (Å²) >= 11 is 0. The SMILES string of the molecule is Cc1ncc(CNc2ccccc2Oc2ccccc2)[nH]1. The van der Waals surface area contributed by atoms with Gasteiger partial charge in [-0.2, -0.15) is 0 Å². The first-order chi connectivity index (χ1) is 10.3. The van der Waals surface area contributed by atoms with Crippen LogP contribution in [0.3, 0.4) is 0 Å². The Labute approximate surface area is 123 Å². The minimum Gasteiger partial charge on any atom is -0.455 e. The van der Waals surface area contributed by atoms with Gasteiger partial charge in [-0.3, -0.25) is 0 Å². The lowest BCUT2D eigenvalue weighted by Crippen LogP contribution is -2.01. The first kappa shape index (κ1) is 13.2. The van der Waals surface area contributed by atoms with Crippen LogP contribution in [0.2, 0.25) is 0 Å². The van der Waals surface area contributed by atoms with Crippen molar-refractivity contribution in [3.63, 3.8) is 0 Å². The van der Waals surface area contributed by atoms with Crippen LogP contribution in [-0.4, -0.2) is 9.97 Å². The molecule has 0 unspecified atom stereocenters. The second-order valence-corrected chi connectivity index (χ2v) is 4.76. The molecule has 3 aromatic rings. The zero-order valence-corrected chi connectivity index (χ0v) is 11.8. The van der Waals surface area contributed by atoms with Crippen molar-refractivity contribution < 1.29 is 4.74 Å². The lowest BCUT2D eigenvalue weighted by atomic mass is 10.2. The van der Waals surface area contributed by atoms with E-state index in [4.69, 9.17) is 4.74 Å². The highest BCUT2D eigenvalue weighted by molar-refractivity contribution is 5.57. The summed E-state index contributed by atoms with van der Waals surface area (Å²) in [6.07, 6.45) is 1.84. The second kappa shape index (κ2) is 6.13. The molecule has 0 saturated heterocycles. The van der Waals surface area contributed by atoms with Gasteiger partial charge in [0.05, 0.1) is 24.1 Å². The molecule has 1 aromatic heterocycles. The normalized spacial score (nSPS) is 10.3. The smallest absolute Gasteiger partial charge is 0.150 e. The second-order valence-electron chi connectivity index (χ2n) is 4.76. The lowest BCUT2D eigenvalue weighted by molar-refractivity contribution is 0.484. The fourth-order valence-electron chi connectivity index (χ4n) is 2.07. The molecule has 2 N–H and O–H groups in total. The van der Waals surface area contributed by atoms with E-state index in [9.17, 15) is 0 Å². The fourth-order valence-corrected chi connectivity index (χ4v) is 2.07. The van der Waals surface area contributed by atoms with Gasteiger partial charge in [0.15, 0.2) is 5.75 Å². The third kappa shape index (κ3) is 3.42. The van der Waals surface area contributed by atoms with Crippen LogP contribution in [0, 0.1) is 6.92 Å². The molecule has 0 radical (unpaired) electrons. The van der Waals surface area contributed by atoms with E-state index >= 15 is 0 Å². The number of H-pyrrole nitrogens is 1. The Hall–Kier alpha value is -2.75. The molecular formula is C17H17N3O. The number of benzene rings is 2. The Morgan fingerprint density at radius 1 is 1.05 bits per heavy atom. The highest BCUT2D eigenvalue weighted by Gasteiger charge is 2.04. The molecular weight excluding hydrogens is 262 g/mol. The predicted molar refractivity (Wildman–Crippen MR) is 83.6 cm³/mol. The lowest BCUT2D eigenvalue weighted by Gasteiger charge is -2.12. The van der Waals surface area contributed by atoms with Gasteiger partial charge in [-0.1, -0.05) is 30.3 Å². The molecule has 106 valence electrons. The average molecular weight is 279 g/mol. The molecule has 4 nitrogen and oxygen atoms in total. The summed E-state index contributed by atoms with van der Waals surface area (Å²) in [5, 5.41) is 3.37. The Bertz CT molecular complexity index is 707. The number of imidazole rings is 1. The van der Waals surface area contributed by atoms with Gasteiger partial charge in [0.1, 0.15) is 11.6 Å². The van der Waals surface area contributed by atoms with Gasteiger partial charge in [-0.25, -0.2) is 4.98 Å². The molecule has 21 heavy (non-hydrogen) atoms. The van der Waals surface area contributed by atoms with Crippen molar-refractivity contribution in [3.8, 4) is 11.5 Å². The summed E-state index contributed by atoms with van der Waals surface area (Å²) in [6.45, 7) is 2.62. The highest BCUT2D eigenvalue weighted by Crippen LogP contribution is 2.29.